The number of hydrogen-bond acceptors (Lipinski definition) is 4. The Labute approximate surface area is 170 Å². The molecule has 0 saturated heterocycles. The highest BCUT2D eigenvalue weighted by Gasteiger charge is 2.13. The van der Waals surface area contributed by atoms with E-state index in [4.69, 9.17) is 4.42 Å². The van der Waals surface area contributed by atoms with Crippen LogP contribution in [0.25, 0.3) is 11.5 Å². The Morgan fingerprint density at radius 3 is 2.43 bits per heavy atom. The Morgan fingerprint density at radius 1 is 1.11 bits per heavy atom. The van der Waals surface area contributed by atoms with E-state index in [1.165, 1.54) is 10.5 Å². The van der Waals surface area contributed by atoms with E-state index in [0.717, 1.165) is 29.2 Å². The van der Waals surface area contributed by atoms with Crippen LogP contribution in [-0.4, -0.2) is 16.9 Å². The van der Waals surface area contributed by atoms with E-state index in [-0.39, 0.29) is 11.9 Å². The lowest BCUT2D eigenvalue weighted by Crippen LogP contribution is -2.31. The Bertz CT molecular complexity index is 930. The zero-order chi connectivity index (χ0) is 20.1. The predicted octanol–water partition coefficient (Wildman–Crippen LogP) is 5.78. The van der Waals surface area contributed by atoms with Gasteiger partial charge in [0.1, 0.15) is 5.76 Å². The van der Waals surface area contributed by atoms with Crippen LogP contribution in [0.2, 0.25) is 0 Å². The van der Waals surface area contributed by atoms with E-state index in [2.05, 4.69) is 41.5 Å². The van der Waals surface area contributed by atoms with Crippen molar-refractivity contribution in [2.75, 3.05) is 0 Å². The van der Waals surface area contributed by atoms with E-state index in [0.29, 0.717) is 11.5 Å². The molecule has 0 bridgehead atoms. The van der Waals surface area contributed by atoms with Crippen molar-refractivity contribution >= 4 is 17.7 Å². The summed E-state index contributed by atoms with van der Waals surface area (Å²) >= 11 is 1.74. The van der Waals surface area contributed by atoms with Gasteiger partial charge in [-0.25, -0.2) is 4.98 Å². The van der Waals surface area contributed by atoms with Gasteiger partial charge >= 0.3 is 0 Å². The maximum Gasteiger partial charge on any atom is 0.251 e. The fourth-order valence-corrected chi connectivity index (χ4v) is 3.54. The minimum Gasteiger partial charge on any atom is -0.441 e. The van der Waals surface area contributed by atoms with Gasteiger partial charge in [-0.3, -0.25) is 4.79 Å². The number of carbonyl (C=O) groups excluding carboxylic acids is 1. The van der Waals surface area contributed by atoms with Crippen molar-refractivity contribution in [1.82, 2.24) is 10.3 Å². The van der Waals surface area contributed by atoms with Gasteiger partial charge in [0.15, 0.2) is 0 Å². The average molecular weight is 395 g/mol. The summed E-state index contributed by atoms with van der Waals surface area (Å²) in [4.78, 5) is 18.1. The molecule has 3 aromatic rings. The van der Waals surface area contributed by atoms with Crippen LogP contribution in [0, 0.1) is 13.8 Å². The predicted molar refractivity (Wildman–Crippen MR) is 115 cm³/mol. The Balaban J connectivity index is 1.68. The third-order valence-electron chi connectivity index (χ3n) is 4.67. The molecule has 0 aliphatic heterocycles. The molecule has 0 spiro atoms. The van der Waals surface area contributed by atoms with Gasteiger partial charge in [-0.2, -0.15) is 0 Å². The fraction of sp³-hybridized carbons (Fsp3) is 0.304. The number of oxazole rings is 1. The average Bonchev–Trinajstić information content (AvgIpc) is 3.08. The third kappa shape index (κ3) is 5.04. The first-order valence-electron chi connectivity index (χ1n) is 9.53. The van der Waals surface area contributed by atoms with Crippen LogP contribution in [0.1, 0.15) is 47.6 Å². The molecular weight excluding hydrogens is 368 g/mol. The number of nitrogens with zero attached hydrogens (tertiary/aromatic N) is 1. The zero-order valence-electron chi connectivity index (χ0n) is 16.8. The molecular formula is C23H26N2O2S. The lowest BCUT2D eigenvalue weighted by Gasteiger charge is -2.11. The summed E-state index contributed by atoms with van der Waals surface area (Å²) in [5.74, 6) is 2.12. The number of benzene rings is 2. The molecule has 1 aromatic heterocycles. The van der Waals surface area contributed by atoms with E-state index < -0.39 is 0 Å². The van der Waals surface area contributed by atoms with Gasteiger partial charge in [0, 0.05) is 27.8 Å². The van der Waals surface area contributed by atoms with Gasteiger partial charge in [0.05, 0.1) is 5.69 Å². The van der Waals surface area contributed by atoms with E-state index >= 15 is 0 Å². The van der Waals surface area contributed by atoms with Gasteiger partial charge in [-0.05, 0) is 63.6 Å². The normalized spacial score (nSPS) is 12.0. The Hall–Kier alpha value is -2.53. The van der Waals surface area contributed by atoms with Gasteiger partial charge in [-0.15, -0.1) is 11.8 Å². The second-order valence-electron chi connectivity index (χ2n) is 6.98. The van der Waals surface area contributed by atoms with E-state index in [1.54, 1.807) is 11.8 Å². The highest BCUT2D eigenvalue weighted by Crippen LogP contribution is 2.28. The van der Waals surface area contributed by atoms with E-state index in [9.17, 15) is 4.79 Å². The van der Waals surface area contributed by atoms with Crippen LogP contribution < -0.4 is 5.32 Å². The molecule has 5 heteroatoms. The van der Waals surface area contributed by atoms with Crippen LogP contribution >= 0.6 is 11.8 Å². The number of aromatic nitrogens is 1. The second-order valence-corrected chi connectivity index (χ2v) is 8.03. The number of aryl methyl sites for hydroxylation is 2. The van der Waals surface area contributed by atoms with Crippen molar-refractivity contribution in [2.24, 2.45) is 0 Å². The van der Waals surface area contributed by atoms with Crippen LogP contribution in [0.5, 0.6) is 0 Å². The molecule has 0 radical (unpaired) electrons. The van der Waals surface area contributed by atoms with E-state index in [1.807, 2.05) is 45.0 Å². The molecule has 0 fully saturated rings. The SMILES string of the molecule is CC[C@H](C)NC(=O)c1ccc(-c2nc(CSc3ccc(C)cc3)c(C)o2)cc1. The molecule has 1 amide bonds. The largest absolute Gasteiger partial charge is 0.441 e. The van der Waals surface area contributed by atoms with Crippen molar-refractivity contribution in [2.45, 2.75) is 50.8 Å². The minimum absolute atomic E-state index is 0.0559. The van der Waals surface area contributed by atoms with Crippen LogP contribution in [0.15, 0.2) is 57.8 Å². The van der Waals surface area contributed by atoms with Crippen molar-refractivity contribution in [1.29, 1.82) is 0 Å². The summed E-state index contributed by atoms with van der Waals surface area (Å²) in [6.45, 7) is 8.07. The number of nitrogens with one attached hydrogen (secondary N) is 1. The topological polar surface area (TPSA) is 55.1 Å². The summed E-state index contributed by atoms with van der Waals surface area (Å²) in [6, 6.07) is 16.0. The number of rotatable bonds is 7. The first kappa shape index (κ1) is 20.2. The molecule has 1 heterocycles. The Kier molecular flexibility index (Phi) is 6.57. The molecule has 1 atom stereocenters. The molecule has 146 valence electrons. The number of thioether (sulfide) groups is 1. The maximum atomic E-state index is 12.2. The van der Waals surface area contributed by atoms with Gasteiger partial charge in [0.25, 0.3) is 5.91 Å². The van der Waals surface area contributed by atoms with Crippen molar-refractivity contribution in [3.05, 3.63) is 71.1 Å². The summed E-state index contributed by atoms with van der Waals surface area (Å²) < 4.78 is 5.87. The molecule has 4 nitrogen and oxygen atoms in total. The van der Waals surface area contributed by atoms with Crippen molar-refractivity contribution in [3.63, 3.8) is 0 Å². The van der Waals surface area contributed by atoms with Crippen molar-refractivity contribution in [3.8, 4) is 11.5 Å². The first-order valence-corrected chi connectivity index (χ1v) is 10.5. The summed E-state index contributed by atoms with van der Waals surface area (Å²) in [6.07, 6.45) is 0.906. The molecule has 0 saturated carbocycles. The van der Waals surface area contributed by atoms with Gasteiger partial charge < -0.3 is 9.73 Å². The molecule has 28 heavy (non-hydrogen) atoms. The van der Waals surface area contributed by atoms with Crippen LogP contribution in [0.3, 0.4) is 0 Å². The standard InChI is InChI=1S/C23H26N2O2S/c1-5-16(3)24-22(26)18-8-10-19(11-9-18)23-25-21(17(4)27-23)14-28-20-12-6-15(2)7-13-20/h6-13,16H,5,14H2,1-4H3,(H,24,26)/t16-/m0/s1. The molecule has 0 aliphatic rings. The fourth-order valence-electron chi connectivity index (χ4n) is 2.64. The quantitative estimate of drug-likeness (QED) is 0.516. The van der Waals surface area contributed by atoms with Crippen LogP contribution in [-0.2, 0) is 5.75 Å². The summed E-state index contributed by atoms with van der Waals surface area (Å²) in [5, 5.41) is 2.97. The number of amides is 1. The highest BCUT2D eigenvalue weighted by molar-refractivity contribution is 7.98. The summed E-state index contributed by atoms with van der Waals surface area (Å²) in [7, 11) is 0. The molecule has 2 aromatic carbocycles. The van der Waals surface area contributed by atoms with Gasteiger partial charge in [-0.1, -0.05) is 24.6 Å². The molecule has 0 unspecified atom stereocenters. The number of carbonyl (C=O) groups is 1. The number of hydrogen-bond donors (Lipinski definition) is 1. The molecule has 3 rings (SSSR count). The highest BCUT2D eigenvalue weighted by atomic mass is 32.2. The smallest absolute Gasteiger partial charge is 0.251 e. The van der Waals surface area contributed by atoms with Crippen molar-refractivity contribution < 1.29 is 9.21 Å². The lowest BCUT2D eigenvalue weighted by molar-refractivity contribution is 0.0939. The van der Waals surface area contributed by atoms with Gasteiger partial charge in [0.2, 0.25) is 5.89 Å². The first-order chi connectivity index (χ1) is 13.5. The second kappa shape index (κ2) is 9.11. The molecule has 0 aliphatic carbocycles. The maximum absolute atomic E-state index is 12.2. The Morgan fingerprint density at radius 2 is 1.79 bits per heavy atom. The van der Waals surface area contributed by atoms with Crippen LogP contribution in [0.4, 0.5) is 0 Å². The zero-order valence-corrected chi connectivity index (χ0v) is 17.6. The third-order valence-corrected chi connectivity index (χ3v) is 5.70. The lowest BCUT2D eigenvalue weighted by atomic mass is 10.1. The monoisotopic (exact) mass is 394 g/mol. The molecule has 1 N–H and O–H groups in total. The summed E-state index contributed by atoms with van der Waals surface area (Å²) in [5.41, 5.74) is 3.71. The minimum atomic E-state index is -0.0559.